The van der Waals surface area contributed by atoms with Gasteiger partial charge in [-0.25, -0.2) is 8.78 Å². The lowest BCUT2D eigenvalue weighted by atomic mass is 9.87. The smallest absolute Gasteiger partial charge is 0.224 e. The van der Waals surface area contributed by atoms with Crippen molar-refractivity contribution in [3.63, 3.8) is 0 Å². The number of anilines is 1. The Labute approximate surface area is 157 Å². The lowest BCUT2D eigenvalue weighted by Crippen LogP contribution is -2.32. The second-order valence-electron chi connectivity index (χ2n) is 7.03. The molecular weight excluding hydrogens is 358 g/mol. The molecule has 3 unspecified atom stereocenters. The van der Waals surface area contributed by atoms with E-state index in [1.165, 1.54) is 17.7 Å². The molecule has 2 aromatic rings. The normalized spacial score (nSPS) is 23.5. The summed E-state index contributed by atoms with van der Waals surface area (Å²) >= 11 is 0. The van der Waals surface area contributed by atoms with Crippen LogP contribution in [0.15, 0.2) is 36.4 Å². The zero-order valence-electron chi connectivity index (χ0n) is 14.2. The number of benzene rings is 2. The van der Waals surface area contributed by atoms with Crippen molar-refractivity contribution >= 4 is 24.0 Å². The van der Waals surface area contributed by atoms with Gasteiger partial charge in [0, 0.05) is 17.7 Å². The number of aryl methyl sites for hydroxylation is 1. The van der Waals surface area contributed by atoms with Crippen molar-refractivity contribution in [3.05, 3.63) is 64.7 Å². The van der Waals surface area contributed by atoms with E-state index in [-0.39, 0.29) is 36.2 Å². The van der Waals surface area contributed by atoms with Crippen molar-refractivity contribution in [2.45, 2.75) is 37.6 Å². The quantitative estimate of drug-likeness (QED) is 0.784. The third kappa shape index (κ3) is 3.54. The summed E-state index contributed by atoms with van der Waals surface area (Å²) in [5.41, 5.74) is 9.32. The van der Waals surface area contributed by atoms with Crippen LogP contribution in [-0.4, -0.2) is 5.91 Å². The number of amides is 1. The lowest BCUT2D eigenvalue weighted by molar-refractivity contribution is -0.123. The number of nitrogens with two attached hydrogens (primary N) is 1. The van der Waals surface area contributed by atoms with E-state index >= 15 is 0 Å². The molecule has 3 N–H and O–H groups in total. The number of rotatable bonds is 3. The number of halogens is 3. The third-order valence-electron chi connectivity index (χ3n) is 5.29. The number of nitrogens with one attached hydrogen (secondary N) is 1. The van der Waals surface area contributed by atoms with Gasteiger partial charge in [-0.1, -0.05) is 12.1 Å². The van der Waals surface area contributed by atoms with Crippen molar-refractivity contribution in [1.82, 2.24) is 5.32 Å². The summed E-state index contributed by atoms with van der Waals surface area (Å²) in [6, 6.07) is 9.37. The average Bonchev–Trinajstić information content (AvgIpc) is 3.35. The average molecular weight is 379 g/mol. The number of carbonyl (C=O) groups is 1. The number of hydrogen-bond acceptors (Lipinski definition) is 2. The first-order chi connectivity index (χ1) is 12.0. The standard InChI is InChI=1S/C20H20F2N2O.ClH/c21-12-4-6-15(18(22)9-12)16-10-17(16)20(25)24-19-3-1-2-11-8-13(23)5-7-14(11)19;/h4-9,16-17,19H,1-3,10,23H2,(H,24,25);1H. The first-order valence-electron chi connectivity index (χ1n) is 8.66. The van der Waals surface area contributed by atoms with E-state index in [4.69, 9.17) is 5.73 Å². The molecule has 26 heavy (non-hydrogen) atoms. The van der Waals surface area contributed by atoms with Crippen LogP contribution >= 0.6 is 12.4 Å². The Hall–Kier alpha value is -2.14. The lowest BCUT2D eigenvalue weighted by Gasteiger charge is -2.26. The van der Waals surface area contributed by atoms with Crippen LogP contribution in [0.25, 0.3) is 0 Å². The molecule has 138 valence electrons. The molecule has 0 bridgehead atoms. The van der Waals surface area contributed by atoms with Gasteiger partial charge in [-0.3, -0.25) is 4.79 Å². The Morgan fingerprint density at radius 3 is 2.65 bits per heavy atom. The van der Waals surface area contributed by atoms with Crippen molar-refractivity contribution in [2.24, 2.45) is 5.92 Å². The second-order valence-corrected chi connectivity index (χ2v) is 7.03. The summed E-state index contributed by atoms with van der Waals surface area (Å²) in [6.07, 6.45) is 3.47. The molecule has 0 aromatic heterocycles. The summed E-state index contributed by atoms with van der Waals surface area (Å²) in [7, 11) is 0. The van der Waals surface area contributed by atoms with E-state index in [9.17, 15) is 13.6 Å². The first kappa shape index (κ1) is 18.6. The van der Waals surface area contributed by atoms with E-state index in [0.717, 1.165) is 36.6 Å². The molecule has 0 spiro atoms. The van der Waals surface area contributed by atoms with Crippen LogP contribution in [0.5, 0.6) is 0 Å². The van der Waals surface area contributed by atoms with Crippen molar-refractivity contribution < 1.29 is 13.6 Å². The molecule has 2 aromatic carbocycles. The third-order valence-corrected chi connectivity index (χ3v) is 5.29. The van der Waals surface area contributed by atoms with E-state index in [2.05, 4.69) is 5.32 Å². The Kier molecular flexibility index (Phi) is 5.19. The number of fused-ring (bicyclic) bond motifs is 1. The number of carbonyl (C=O) groups excluding carboxylic acids is 1. The molecule has 2 aliphatic rings. The highest BCUT2D eigenvalue weighted by atomic mass is 35.5. The van der Waals surface area contributed by atoms with Crippen molar-refractivity contribution in [1.29, 1.82) is 0 Å². The van der Waals surface area contributed by atoms with Gasteiger partial charge < -0.3 is 11.1 Å². The van der Waals surface area contributed by atoms with Crippen LogP contribution < -0.4 is 11.1 Å². The molecule has 2 aliphatic carbocycles. The highest BCUT2D eigenvalue weighted by Gasteiger charge is 2.45. The van der Waals surface area contributed by atoms with Crippen LogP contribution in [0.1, 0.15) is 47.9 Å². The van der Waals surface area contributed by atoms with E-state index in [0.29, 0.717) is 12.0 Å². The van der Waals surface area contributed by atoms with Gasteiger partial charge in [0.05, 0.1) is 6.04 Å². The fourth-order valence-electron chi connectivity index (χ4n) is 3.89. The topological polar surface area (TPSA) is 55.1 Å². The fourth-order valence-corrected chi connectivity index (χ4v) is 3.89. The molecule has 1 amide bonds. The number of nitrogen functional groups attached to an aromatic ring is 1. The van der Waals surface area contributed by atoms with Gasteiger partial charge in [-0.2, -0.15) is 0 Å². The van der Waals surface area contributed by atoms with Crippen LogP contribution in [0.4, 0.5) is 14.5 Å². The van der Waals surface area contributed by atoms with Gasteiger partial charge in [-0.05, 0) is 66.5 Å². The Bertz CT molecular complexity index is 843. The Morgan fingerprint density at radius 2 is 1.88 bits per heavy atom. The summed E-state index contributed by atoms with van der Waals surface area (Å²) in [5, 5.41) is 3.11. The maximum Gasteiger partial charge on any atom is 0.224 e. The molecule has 0 heterocycles. The van der Waals surface area contributed by atoms with Crippen molar-refractivity contribution in [2.75, 3.05) is 5.73 Å². The zero-order chi connectivity index (χ0) is 17.6. The first-order valence-corrected chi connectivity index (χ1v) is 8.66. The van der Waals surface area contributed by atoms with Gasteiger partial charge in [0.25, 0.3) is 0 Å². The van der Waals surface area contributed by atoms with Gasteiger partial charge in [0.2, 0.25) is 5.91 Å². The van der Waals surface area contributed by atoms with Crippen molar-refractivity contribution in [3.8, 4) is 0 Å². The van der Waals surface area contributed by atoms with Crippen LogP contribution in [0.3, 0.4) is 0 Å². The maximum atomic E-state index is 13.9. The monoisotopic (exact) mass is 378 g/mol. The summed E-state index contributed by atoms with van der Waals surface area (Å²) < 4.78 is 26.9. The SMILES string of the molecule is Cl.Nc1ccc2c(c1)CCCC2NC(=O)C1CC1c1ccc(F)cc1F. The molecule has 1 saturated carbocycles. The molecule has 0 radical (unpaired) electrons. The minimum Gasteiger partial charge on any atom is -0.399 e. The zero-order valence-corrected chi connectivity index (χ0v) is 15.0. The second kappa shape index (κ2) is 7.23. The molecule has 0 saturated heterocycles. The minimum atomic E-state index is -0.596. The summed E-state index contributed by atoms with van der Waals surface area (Å²) in [4.78, 5) is 12.6. The largest absolute Gasteiger partial charge is 0.399 e. The molecule has 4 rings (SSSR count). The highest BCUT2D eigenvalue weighted by Crippen LogP contribution is 2.49. The van der Waals surface area contributed by atoms with Crippen LogP contribution in [0.2, 0.25) is 0 Å². The maximum absolute atomic E-state index is 13.9. The van der Waals surface area contributed by atoms with E-state index < -0.39 is 11.6 Å². The molecular formula is C20H21ClF2N2O. The Balaban J connectivity index is 0.00000196. The molecule has 0 aliphatic heterocycles. The van der Waals surface area contributed by atoms with Crippen LogP contribution in [0, 0.1) is 17.6 Å². The predicted molar refractivity (Wildman–Crippen MR) is 99.1 cm³/mol. The molecule has 3 nitrogen and oxygen atoms in total. The van der Waals surface area contributed by atoms with E-state index in [1.807, 2.05) is 18.2 Å². The van der Waals surface area contributed by atoms with E-state index in [1.54, 1.807) is 0 Å². The molecule has 1 fully saturated rings. The minimum absolute atomic E-state index is 0. The Morgan fingerprint density at radius 1 is 1.12 bits per heavy atom. The molecule has 6 heteroatoms. The van der Waals surface area contributed by atoms with Gasteiger partial charge in [-0.15, -0.1) is 12.4 Å². The summed E-state index contributed by atoms with van der Waals surface area (Å²) in [5.74, 6) is -1.61. The predicted octanol–water partition coefficient (Wildman–Crippen LogP) is 4.27. The van der Waals surface area contributed by atoms with Gasteiger partial charge in [0.1, 0.15) is 11.6 Å². The number of hydrogen-bond donors (Lipinski definition) is 2. The summed E-state index contributed by atoms with van der Waals surface area (Å²) in [6.45, 7) is 0. The fraction of sp³-hybridized carbons (Fsp3) is 0.350. The van der Waals surface area contributed by atoms with Gasteiger partial charge in [0.15, 0.2) is 0 Å². The molecule has 3 atom stereocenters. The van der Waals surface area contributed by atoms with Gasteiger partial charge >= 0.3 is 0 Å². The van der Waals surface area contributed by atoms with Crippen LogP contribution in [-0.2, 0) is 11.2 Å². The highest BCUT2D eigenvalue weighted by molar-refractivity contribution is 5.85.